The summed E-state index contributed by atoms with van der Waals surface area (Å²) in [7, 11) is 0. The number of benzene rings is 1. The topological polar surface area (TPSA) is 72.2 Å². The monoisotopic (exact) mass is 234 g/mol. The van der Waals surface area contributed by atoms with Crippen LogP contribution >= 0.6 is 0 Å². The lowest BCUT2D eigenvalue weighted by Gasteiger charge is -2.15. The summed E-state index contributed by atoms with van der Waals surface area (Å²) in [6.45, 7) is 1.84. The normalized spacial score (nSPS) is 13.8. The lowest BCUT2D eigenvalue weighted by molar-refractivity contribution is -0.125. The minimum atomic E-state index is -0.619. The number of carbonyl (C=O) groups excluding carboxylic acids is 2. The van der Waals surface area contributed by atoms with Gasteiger partial charge in [-0.05, 0) is 18.4 Å². The van der Waals surface area contributed by atoms with Gasteiger partial charge in [0.05, 0.1) is 12.1 Å². The predicted molar refractivity (Wildman–Crippen MR) is 66.4 cm³/mol. The van der Waals surface area contributed by atoms with Crippen LogP contribution in [0.15, 0.2) is 30.3 Å². The Morgan fingerprint density at radius 2 is 2.06 bits per heavy atom. The van der Waals surface area contributed by atoms with Gasteiger partial charge in [0.1, 0.15) is 6.29 Å². The van der Waals surface area contributed by atoms with Crippen molar-refractivity contribution >= 4 is 12.2 Å². The molecule has 92 valence electrons. The average Bonchev–Trinajstić information content (AvgIpc) is 2.36. The number of hydrogen-bond donors (Lipinski definition) is 2. The number of carbonyl (C=O) groups is 2. The van der Waals surface area contributed by atoms with Crippen LogP contribution in [0.25, 0.3) is 0 Å². The van der Waals surface area contributed by atoms with E-state index in [1.807, 2.05) is 37.3 Å². The standard InChI is InChI=1S/C13H18N2O2/c1-2-11(9-16)15-13(17)12(14)8-10-6-4-3-5-7-10/h3-7,9,11-12H,2,8,14H2,1H3,(H,15,17)/t11-,12-/m0/s1. The SMILES string of the molecule is CC[C@@H](C=O)NC(=O)[C@@H](N)Cc1ccccc1. The van der Waals surface area contributed by atoms with E-state index in [-0.39, 0.29) is 5.91 Å². The molecule has 0 bridgehead atoms. The highest BCUT2D eigenvalue weighted by atomic mass is 16.2. The summed E-state index contributed by atoms with van der Waals surface area (Å²) >= 11 is 0. The van der Waals surface area contributed by atoms with Gasteiger partial charge in [0.2, 0.25) is 5.91 Å². The summed E-state index contributed by atoms with van der Waals surface area (Å²) in [6.07, 6.45) is 1.78. The highest BCUT2D eigenvalue weighted by Crippen LogP contribution is 2.02. The molecule has 0 aliphatic carbocycles. The number of rotatable bonds is 6. The maximum Gasteiger partial charge on any atom is 0.237 e. The fourth-order valence-corrected chi connectivity index (χ4v) is 1.48. The second-order valence-corrected chi connectivity index (χ2v) is 3.96. The molecule has 0 aliphatic rings. The molecule has 2 atom stereocenters. The van der Waals surface area contributed by atoms with E-state index in [0.29, 0.717) is 12.8 Å². The van der Waals surface area contributed by atoms with E-state index in [1.165, 1.54) is 0 Å². The summed E-state index contributed by atoms with van der Waals surface area (Å²) in [5.41, 5.74) is 6.79. The molecule has 0 saturated heterocycles. The third-order valence-electron chi connectivity index (χ3n) is 2.57. The number of nitrogens with one attached hydrogen (secondary N) is 1. The molecule has 0 fully saturated rings. The van der Waals surface area contributed by atoms with E-state index in [2.05, 4.69) is 5.32 Å². The largest absolute Gasteiger partial charge is 0.345 e. The molecule has 0 aromatic heterocycles. The van der Waals surface area contributed by atoms with Gasteiger partial charge in [-0.25, -0.2) is 0 Å². The maximum absolute atomic E-state index is 11.7. The average molecular weight is 234 g/mol. The zero-order valence-electron chi connectivity index (χ0n) is 9.93. The van der Waals surface area contributed by atoms with Gasteiger partial charge in [-0.1, -0.05) is 37.3 Å². The Bertz CT molecular complexity index is 365. The number of aldehydes is 1. The van der Waals surface area contributed by atoms with Crippen LogP contribution in [0.3, 0.4) is 0 Å². The summed E-state index contributed by atoms with van der Waals surface area (Å²) in [6, 6.07) is 8.50. The molecular formula is C13H18N2O2. The van der Waals surface area contributed by atoms with Crippen LogP contribution in [0.1, 0.15) is 18.9 Å². The summed E-state index contributed by atoms with van der Waals surface area (Å²) in [5.74, 6) is -0.284. The zero-order valence-corrected chi connectivity index (χ0v) is 9.93. The molecular weight excluding hydrogens is 216 g/mol. The molecule has 0 saturated carbocycles. The number of nitrogens with two attached hydrogens (primary N) is 1. The number of hydrogen-bond acceptors (Lipinski definition) is 3. The van der Waals surface area contributed by atoms with Crippen LogP contribution in [-0.4, -0.2) is 24.3 Å². The minimum absolute atomic E-state index is 0.284. The second kappa shape index (κ2) is 6.81. The van der Waals surface area contributed by atoms with Crippen molar-refractivity contribution in [2.24, 2.45) is 5.73 Å². The number of amides is 1. The molecule has 0 heterocycles. The zero-order chi connectivity index (χ0) is 12.7. The molecule has 17 heavy (non-hydrogen) atoms. The van der Waals surface area contributed by atoms with Crippen LogP contribution < -0.4 is 11.1 Å². The van der Waals surface area contributed by atoms with Gasteiger partial charge in [0.25, 0.3) is 0 Å². The van der Waals surface area contributed by atoms with Crippen molar-refractivity contribution < 1.29 is 9.59 Å². The fraction of sp³-hybridized carbons (Fsp3) is 0.385. The smallest absolute Gasteiger partial charge is 0.237 e. The molecule has 0 spiro atoms. The Balaban J connectivity index is 2.50. The van der Waals surface area contributed by atoms with Crippen molar-refractivity contribution in [1.29, 1.82) is 0 Å². The first-order chi connectivity index (χ1) is 8.17. The minimum Gasteiger partial charge on any atom is -0.345 e. The van der Waals surface area contributed by atoms with Crippen molar-refractivity contribution in [3.63, 3.8) is 0 Å². The van der Waals surface area contributed by atoms with Gasteiger partial charge in [-0.2, -0.15) is 0 Å². The molecule has 0 radical (unpaired) electrons. The lowest BCUT2D eigenvalue weighted by atomic mass is 10.1. The van der Waals surface area contributed by atoms with Crippen molar-refractivity contribution in [3.05, 3.63) is 35.9 Å². The predicted octanol–water partition coefficient (Wildman–Crippen LogP) is 0.650. The maximum atomic E-state index is 11.7. The molecule has 1 aromatic rings. The first-order valence-electron chi connectivity index (χ1n) is 5.72. The molecule has 0 aliphatic heterocycles. The Morgan fingerprint density at radius 1 is 1.41 bits per heavy atom. The highest BCUT2D eigenvalue weighted by Gasteiger charge is 2.16. The van der Waals surface area contributed by atoms with Crippen LogP contribution in [0.2, 0.25) is 0 Å². The van der Waals surface area contributed by atoms with E-state index in [0.717, 1.165) is 11.8 Å². The third-order valence-corrected chi connectivity index (χ3v) is 2.57. The van der Waals surface area contributed by atoms with Gasteiger partial charge in [-0.3, -0.25) is 4.79 Å². The van der Waals surface area contributed by atoms with Gasteiger partial charge in [-0.15, -0.1) is 0 Å². The first kappa shape index (κ1) is 13.4. The van der Waals surface area contributed by atoms with E-state index in [4.69, 9.17) is 5.73 Å². The van der Waals surface area contributed by atoms with E-state index in [1.54, 1.807) is 0 Å². The van der Waals surface area contributed by atoms with Gasteiger partial charge < -0.3 is 15.8 Å². The molecule has 1 aromatic carbocycles. The Morgan fingerprint density at radius 3 is 2.59 bits per heavy atom. The summed E-state index contributed by atoms with van der Waals surface area (Å²) in [4.78, 5) is 22.3. The summed E-state index contributed by atoms with van der Waals surface area (Å²) < 4.78 is 0. The molecule has 4 heteroatoms. The molecule has 1 amide bonds. The van der Waals surface area contributed by atoms with Crippen LogP contribution in [0.4, 0.5) is 0 Å². The van der Waals surface area contributed by atoms with E-state index >= 15 is 0 Å². The van der Waals surface area contributed by atoms with Crippen LogP contribution in [0.5, 0.6) is 0 Å². The van der Waals surface area contributed by atoms with Crippen molar-refractivity contribution in [3.8, 4) is 0 Å². The molecule has 4 nitrogen and oxygen atoms in total. The fourth-order valence-electron chi connectivity index (χ4n) is 1.48. The van der Waals surface area contributed by atoms with E-state index in [9.17, 15) is 9.59 Å². The molecule has 0 unspecified atom stereocenters. The quantitative estimate of drug-likeness (QED) is 0.710. The second-order valence-electron chi connectivity index (χ2n) is 3.96. The first-order valence-corrected chi connectivity index (χ1v) is 5.72. The van der Waals surface area contributed by atoms with Gasteiger partial charge >= 0.3 is 0 Å². The van der Waals surface area contributed by atoms with Gasteiger partial charge in [0.15, 0.2) is 0 Å². The lowest BCUT2D eigenvalue weighted by Crippen LogP contribution is -2.46. The molecule has 3 N–H and O–H groups in total. The third kappa shape index (κ3) is 4.36. The Labute approximate surface area is 101 Å². The Hall–Kier alpha value is -1.68. The van der Waals surface area contributed by atoms with Crippen LogP contribution in [-0.2, 0) is 16.0 Å². The van der Waals surface area contributed by atoms with Crippen molar-refractivity contribution in [2.45, 2.75) is 31.8 Å². The van der Waals surface area contributed by atoms with Gasteiger partial charge in [0, 0.05) is 0 Å². The summed E-state index contributed by atoms with van der Waals surface area (Å²) in [5, 5.41) is 2.60. The Kier molecular flexibility index (Phi) is 5.36. The molecule has 1 rings (SSSR count). The van der Waals surface area contributed by atoms with Crippen molar-refractivity contribution in [2.75, 3.05) is 0 Å². The highest BCUT2D eigenvalue weighted by molar-refractivity contribution is 5.84. The van der Waals surface area contributed by atoms with E-state index < -0.39 is 12.1 Å². The van der Waals surface area contributed by atoms with Crippen LogP contribution in [0, 0.1) is 0 Å². The van der Waals surface area contributed by atoms with Crippen molar-refractivity contribution in [1.82, 2.24) is 5.32 Å².